The van der Waals surface area contributed by atoms with Crippen LogP contribution in [0.15, 0.2) is 18.2 Å². The van der Waals surface area contributed by atoms with Crippen LogP contribution in [0.1, 0.15) is 53.5 Å². The number of hydrogen-bond donors (Lipinski definition) is 0. The summed E-state index contributed by atoms with van der Waals surface area (Å²) in [4.78, 5) is 34.6. The molecule has 0 amide bonds. The van der Waals surface area contributed by atoms with E-state index < -0.39 is 17.9 Å². The fourth-order valence-corrected chi connectivity index (χ4v) is 1.78. The van der Waals surface area contributed by atoms with Crippen LogP contribution in [0.4, 0.5) is 0 Å². The van der Waals surface area contributed by atoms with Gasteiger partial charge in [0.1, 0.15) is 0 Å². The van der Waals surface area contributed by atoms with Crippen LogP contribution in [0.5, 0.6) is 0 Å². The highest BCUT2D eigenvalue weighted by atomic mass is 16.6. The Labute approximate surface area is 117 Å². The molecule has 1 rings (SSSR count). The highest BCUT2D eigenvalue weighted by molar-refractivity contribution is 6.05. The van der Waals surface area contributed by atoms with E-state index in [0.717, 1.165) is 25.3 Å². The van der Waals surface area contributed by atoms with Gasteiger partial charge in [0, 0.05) is 6.92 Å². The zero-order chi connectivity index (χ0) is 15.1. The first kappa shape index (κ1) is 15.9. The molecule has 0 fully saturated rings. The van der Waals surface area contributed by atoms with Gasteiger partial charge in [0.05, 0.1) is 17.7 Å². The number of esters is 3. The molecule has 0 heterocycles. The number of aryl methyl sites for hydroxylation is 1. The summed E-state index contributed by atoms with van der Waals surface area (Å²) < 4.78 is 9.44. The number of carbonyl (C=O) groups excluding carboxylic acids is 3. The molecule has 0 aliphatic carbocycles. The minimum atomic E-state index is -0.835. The second-order valence-corrected chi connectivity index (χ2v) is 4.23. The van der Waals surface area contributed by atoms with E-state index in [-0.39, 0.29) is 17.7 Å². The summed E-state index contributed by atoms with van der Waals surface area (Å²) in [5.41, 5.74) is 1.07. The highest BCUT2D eigenvalue weighted by Crippen LogP contribution is 2.16. The summed E-state index contributed by atoms with van der Waals surface area (Å²) in [5.74, 6) is -2.16. The van der Waals surface area contributed by atoms with Crippen LogP contribution in [0.25, 0.3) is 0 Å². The van der Waals surface area contributed by atoms with E-state index in [9.17, 15) is 14.4 Å². The van der Waals surface area contributed by atoms with Crippen LogP contribution in [-0.2, 0) is 20.7 Å². The first-order valence-electron chi connectivity index (χ1n) is 6.52. The van der Waals surface area contributed by atoms with Crippen LogP contribution in [0.3, 0.4) is 0 Å². The summed E-state index contributed by atoms with van der Waals surface area (Å²) in [7, 11) is 0. The maximum absolute atomic E-state index is 11.9. The molecule has 20 heavy (non-hydrogen) atoms. The van der Waals surface area contributed by atoms with Crippen molar-refractivity contribution >= 4 is 17.9 Å². The quantitative estimate of drug-likeness (QED) is 0.611. The van der Waals surface area contributed by atoms with E-state index in [4.69, 9.17) is 4.74 Å². The second kappa shape index (κ2) is 7.43. The fraction of sp³-hybridized carbons (Fsp3) is 0.400. The average Bonchev–Trinajstić information content (AvgIpc) is 2.38. The molecule has 0 atom stereocenters. The molecule has 0 bridgehead atoms. The molecule has 0 aliphatic heterocycles. The predicted molar refractivity (Wildman–Crippen MR) is 72.5 cm³/mol. The molecule has 5 heteroatoms. The molecule has 0 radical (unpaired) electrons. The van der Waals surface area contributed by atoms with Gasteiger partial charge in [0.15, 0.2) is 0 Å². The van der Waals surface area contributed by atoms with E-state index in [2.05, 4.69) is 4.74 Å². The highest BCUT2D eigenvalue weighted by Gasteiger charge is 2.21. The normalized spacial score (nSPS) is 9.95. The van der Waals surface area contributed by atoms with Gasteiger partial charge in [-0.2, -0.15) is 0 Å². The molecule has 0 N–H and O–H groups in total. The van der Waals surface area contributed by atoms with Gasteiger partial charge in [-0.05, 0) is 31.0 Å². The van der Waals surface area contributed by atoms with Gasteiger partial charge in [-0.25, -0.2) is 9.59 Å². The topological polar surface area (TPSA) is 69.7 Å². The van der Waals surface area contributed by atoms with Crippen molar-refractivity contribution in [3.8, 4) is 0 Å². The lowest BCUT2D eigenvalue weighted by Gasteiger charge is -2.09. The molecule has 0 aromatic heterocycles. The molecular formula is C15H18O5. The third-order valence-corrected chi connectivity index (χ3v) is 2.57. The number of benzene rings is 1. The Morgan fingerprint density at radius 1 is 1.05 bits per heavy atom. The van der Waals surface area contributed by atoms with Crippen molar-refractivity contribution in [2.24, 2.45) is 0 Å². The van der Waals surface area contributed by atoms with Crippen molar-refractivity contribution in [1.29, 1.82) is 0 Å². The van der Waals surface area contributed by atoms with Gasteiger partial charge in [0.2, 0.25) is 0 Å². The van der Waals surface area contributed by atoms with Crippen molar-refractivity contribution in [3.05, 3.63) is 34.9 Å². The van der Waals surface area contributed by atoms with E-state index in [1.807, 2.05) is 6.92 Å². The lowest BCUT2D eigenvalue weighted by molar-refractivity contribution is -0.135. The summed E-state index contributed by atoms with van der Waals surface area (Å²) in [5, 5.41) is 0. The minimum Gasteiger partial charge on any atom is -0.462 e. The molecule has 0 spiro atoms. The zero-order valence-electron chi connectivity index (χ0n) is 11.9. The SMILES string of the molecule is CCCc1ccc(C(=O)OCC)c(C(=O)OC(C)=O)c1. The van der Waals surface area contributed by atoms with Crippen LogP contribution >= 0.6 is 0 Å². The molecule has 1 aromatic carbocycles. The third-order valence-electron chi connectivity index (χ3n) is 2.57. The average molecular weight is 278 g/mol. The third kappa shape index (κ3) is 4.19. The van der Waals surface area contributed by atoms with Gasteiger partial charge in [-0.15, -0.1) is 0 Å². The molecule has 0 unspecified atom stereocenters. The summed E-state index contributed by atoms with van der Waals surface area (Å²) in [6.45, 7) is 5.03. The molecule has 108 valence electrons. The van der Waals surface area contributed by atoms with Gasteiger partial charge >= 0.3 is 17.9 Å². The Morgan fingerprint density at radius 3 is 2.30 bits per heavy atom. The van der Waals surface area contributed by atoms with Gasteiger partial charge in [-0.1, -0.05) is 19.4 Å². The number of hydrogen-bond acceptors (Lipinski definition) is 5. The summed E-state index contributed by atoms with van der Waals surface area (Å²) in [6, 6.07) is 4.86. The van der Waals surface area contributed by atoms with Crippen LogP contribution in [-0.4, -0.2) is 24.5 Å². The van der Waals surface area contributed by atoms with Crippen LogP contribution in [0, 0.1) is 0 Å². The zero-order valence-corrected chi connectivity index (χ0v) is 11.9. The predicted octanol–water partition coefficient (Wildman–Crippen LogP) is 2.52. The Hall–Kier alpha value is -2.17. The van der Waals surface area contributed by atoms with Crippen molar-refractivity contribution in [1.82, 2.24) is 0 Å². The largest absolute Gasteiger partial charge is 0.462 e. The Morgan fingerprint density at radius 2 is 1.75 bits per heavy atom. The number of carbonyl (C=O) groups is 3. The molecular weight excluding hydrogens is 260 g/mol. The maximum Gasteiger partial charge on any atom is 0.346 e. The molecule has 0 saturated heterocycles. The standard InChI is InChI=1S/C15H18O5/c1-4-6-11-7-8-12(14(17)19-5-2)13(9-11)15(18)20-10(3)16/h7-9H,4-6H2,1-3H3. The smallest absolute Gasteiger partial charge is 0.346 e. The van der Waals surface area contributed by atoms with Crippen molar-refractivity contribution in [2.45, 2.75) is 33.6 Å². The van der Waals surface area contributed by atoms with Crippen LogP contribution in [0.2, 0.25) is 0 Å². The van der Waals surface area contributed by atoms with Gasteiger partial charge in [-0.3, -0.25) is 4.79 Å². The van der Waals surface area contributed by atoms with E-state index in [0.29, 0.717) is 0 Å². The molecule has 5 nitrogen and oxygen atoms in total. The Balaban J connectivity index is 3.18. The maximum atomic E-state index is 11.9. The van der Waals surface area contributed by atoms with Gasteiger partial charge < -0.3 is 9.47 Å². The lowest BCUT2D eigenvalue weighted by atomic mass is 10.0. The molecule has 1 aromatic rings. The first-order valence-corrected chi connectivity index (χ1v) is 6.52. The Bertz CT molecular complexity index is 519. The summed E-state index contributed by atoms with van der Waals surface area (Å²) in [6.07, 6.45) is 1.67. The lowest BCUT2D eigenvalue weighted by Crippen LogP contribution is -2.16. The summed E-state index contributed by atoms with van der Waals surface area (Å²) >= 11 is 0. The fourth-order valence-electron chi connectivity index (χ4n) is 1.78. The first-order chi connectivity index (χ1) is 9.49. The van der Waals surface area contributed by atoms with E-state index >= 15 is 0 Å². The van der Waals surface area contributed by atoms with E-state index in [1.54, 1.807) is 19.1 Å². The second-order valence-electron chi connectivity index (χ2n) is 4.23. The number of rotatable bonds is 5. The van der Waals surface area contributed by atoms with Crippen molar-refractivity contribution < 1.29 is 23.9 Å². The molecule has 0 saturated carbocycles. The van der Waals surface area contributed by atoms with E-state index in [1.165, 1.54) is 6.07 Å². The van der Waals surface area contributed by atoms with Crippen molar-refractivity contribution in [3.63, 3.8) is 0 Å². The molecule has 0 aliphatic rings. The van der Waals surface area contributed by atoms with Crippen molar-refractivity contribution in [2.75, 3.05) is 6.61 Å². The minimum absolute atomic E-state index is 0.0598. The van der Waals surface area contributed by atoms with Crippen LogP contribution < -0.4 is 0 Å². The Kier molecular flexibility index (Phi) is 5.90. The monoisotopic (exact) mass is 278 g/mol. The number of ether oxygens (including phenoxy) is 2. The van der Waals surface area contributed by atoms with Gasteiger partial charge in [0.25, 0.3) is 0 Å².